The average Bonchev–Trinajstić information content (AvgIpc) is 2.63. The number of halogens is 1. The molecule has 1 fully saturated rings. The van der Waals surface area contributed by atoms with Gasteiger partial charge in [-0.3, -0.25) is 10.1 Å². The number of allylic oxidation sites excluding steroid dienone is 2. The maximum Gasteiger partial charge on any atom is 0.267 e. The predicted octanol–water partition coefficient (Wildman–Crippen LogP) is 3.02. The molecule has 2 rings (SSSR count). The SMILES string of the molecule is CC(I)(C[C@@H]1C[C@@H]2C=C[C@H]1C2)[N+](=O)[O-]. The van der Waals surface area contributed by atoms with Crippen LogP contribution < -0.4 is 0 Å². The molecule has 0 N–H and O–H groups in total. The Balaban J connectivity index is 1.99. The van der Waals surface area contributed by atoms with Crippen LogP contribution in [0.2, 0.25) is 0 Å². The summed E-state index contributed by atoms with van der Waals surface area (Å²) in [7, 11) is 0. The van der Waals surface area contributed by atoms with Gasteiger partial charge in [0.25, 0.3) is 3.55 Å². The second kappa shape index (κ2) is 3.47. The topological polar surface area (TPSA) is 43.1 Å². The highest BCUT2D eigenvalue weighted by atomic mass is 127. The lowest BCUT2D eigenvalue weighted by Gasteiger charge is -2.22. The number of hydrogen-bond acceptors (Lipinski definition) is 2. The summed E-state index contributed by atoms with van der Waals surface area (Å²) in [5.74, 6) is 1.87. The fourth-order valence-corrected chi connectivity index (χ4v) is 3.25. The van der Waals surface area contributed by atoms with Crippen molar-refractivity contribution < 1.29 is 4.92 Å². The Morgan fingerprint density at radius 3 is 2.71 bits per heavy atom. The third kappa shape index (κ3) is 1.81. The molecule has 1 unspecified atom stereocenters. The van der Waals surface area contributed by atoms with E-state index in [4.69, 9.17) is 0 Å². The summed E-state index contributed by atoms with van der Waals surface area (Å²) >= 11 is 1.97. The molecule has 4 atom stereocenters. The molecule has 2 aliphatic rings. The van der Waals surface area contributed by atoms with E-state index >= 15 is 0 Å². The van der Waals surface area contributed by atoms with Crippen LogP contribution >= 0.6 is 22.6 Å². The molecule has 2 bridgehead atoms. The summed E-state index contributed by atoms with van der Waals surface area (Å²) in [6.45, 7) is 1.73. The summed E-state index contributed by atoms with van der Waals surface area (Å²) in [6.07, 6.45) is 7.64. The van der Waals surface area contributed by atoms with E-state index < -0.39 is 3.55 Å². The van der Waals surface area contributed by atoms with Crippen molar-refractivity contribution in [1.29, 1.82) is 0 Å². The van der Waals surface area contributed by atoms with Gasteiger partial charge in [0.15, 0.2) is 0 Å². The molecule has 0 amide bonds. The molecule has 4 heteroatoms. The van der Waals surface area contributed by atoms with E-state index in [0.717, 1.165) is 6.42 Å². The van der Waals surface area contributed by atoms with Gasteiger partial charge in [-0.25, -0.2) is 0 Å². The van der Waals surface area contributed by atoms with Crippen LogP contribution in [0.1, 0.15) is 26.2 Å². The molecule has 0 spiro atoms. The summed E-state index contributed by atoms with van der Waals surface area (Å²) in [5.41, 5.74) is 0. The van der Waals surface area contributed by atoms with Gasteiger partial charge < -0.3 is 0 Å². The molecule has 0 aromatic heterocycles. The van der Waals surface area contributed by atoms with E-state index in [0.29, 0.717) is 24.2 Å². The third-order valence-corrected chi connectivity index (χ3v) is 4.27. The second-order valence-electron chi connectivity index (χ2n) is 4.64. The minimum atomic E-state index is -0.777. The smallest absolute Gasteiger partial charge is 0.263 e. The van der Waals surface area contributed by atoms with Gasteiger partial charge in [-0.1, -0.05) is 12.2 Å². The van der Waals surface area contributed by atoms with E-state index in [1.807, 2.05) is 22.6 Å². The Labute approximate surface area is 97.2 Å². The van der Waals surface area contributed by atoms with Crippen LogP contribution in [0.3, 0.4) is 0 Å². The van der Waals surface area contributed by atoms with E-state index in [1.165, 1.54) is 6.42 Å². The first kappa shape index (κ1) is 10.4. The number of nitro groups is 1. The first-order valence-electron chi connectivity index (χ1n) is 5.01. The lowest BCUT2D eigenvalue weighted by molar-refractivity contribution is -0.528. The highest BCUT2D eigenvalue weighted by molar-refractivity contribution is 14.1. The Morgan fingerprint density at radius 2 is 2.29 bits per heavy atom. The molecule has 3 nitrogen and oxygen atoms in total. The maximum absolute atomic E-state index is 10.8. The highest BCUT2D eigenvalue weighted by Crippen LogP contribution is 2.47. The molecule has 0 saturated heterocycles. The molecular formula is C10H14INO2. The molecule has 0 radical (unpaired) electrons. The zero-order valence-electron chi connectivity index (χ0n) is 8.15. The molecule has 0 aliphatic heterocycles. The van der Waals surface area contributed by atoms with Crippen LogP contribution in [-0.2, 0) is 0 Å². The Hall–Kier alpha value is -0.130. The van der Waals surface area contributed by atoms with E-state index in [9.17, 15) is 10.1 Å². The number of nitrogens with zero attached hydrogens (tertiary/aromatic N) is 1. The molecule has 0 aromatic rings. The van der Waals surface area contributed by atoms with Crippen molar-refractivity contribution >= 4 is 22.6 Å². The summed E-state index contributed by atoms with van der Waals surface area (Å²) in [5, 5.41) is 10.8. The fourth-order valence-electron chi connectivity index (χ4n) is 2.68. The number of fused-ring (bicyclic) bond motifs is 2. The van der Waals surface area contributed by atoms with Crippen LogP contribution in [0.4, 0.5) is 0 Å². The average molecular weight is 307 g/mol. The number of hydrogen-bond donors (Lipinski definition) is 0. The van der Waals surface area contributed by atoms with Crippen molar-refractivity contribution in [3.8, 4) is 0 Å². The minimum absolute atomic E-state index is 0.150. The molecule has 14 heavy (non-hydrogen) atoms. The first-order chi connectivity index (χ1) is 6.49. The zero-order chi connectivity index (χ0) is 10.3. The van der Waals surface area contributed by atoms with Crippen molar-refractivity contribution in [1.82, 2.24) is 0 Å². The van der Waals surface area contributed by atoms with E-state index in [2.05, 4.69) is 12.2 Å². The van der Waals surface area contributed by atoms with Crippen molar-refractivity contribution in [3.05, 3.63) is 22.3 Å². The van der Waals surface area contributed by atoms with E-state index in [1.54, 1.807) is 6.92 Å². The van der Waals surface area contributed by atoms with Crippen LogP contribution in [0.5, 0.6) is 0 Å². The van der Waals surface area contributed by atoms with Gasteiger partial charge in [0.2, 0.25) is 0 Å². The predicted molar refractivity (Wildman–Crippen MR) is 62.9 cm³/mol. The fraction of sp³-hybridized carbons (Fsp3) is 0.800. The lowest BCUT2D eigenvalue weighted by atomic mass is 9.88. The van der Waals surface area contributed by atoms with Gasteiger partial charge in [-0.05, 0) is 30.6 Å². The molecule has 0 aromatic carbocycles. The molecular weight excluding hydrogens is 293 g/mol. The van der Waals surface area contributed by atoms with Crippen LogP contribution in [-0.4, -0.2) is 8.47 Å². The third-order valence-electron chi connectivity index (χ3n) is 3.43. The van der Waals surface area contributed by atoms with E-state index in [-0.39, 0.29) is 4.92 Å². The van der Waals surface area contributed by atoms with Crippen molar-refractivity contribution in [3.63, 3.8) is 0 Å². The second-order valence-corrected chi connectivity index (χ2v) is 6.97. The molecule has 2 aliphatic carbocycles. The molecule has 1 saturated carbocycles. The quantitative estimate of drug-likeness (QED) is 0.201. The molecule has 0 heterocycles. The Bertz CT molecular complexity index is 288. The minimum Gasteiger partial charge on any atom is -0.263 e. The maximum atomic E-state index is 10.8. The lowest BCUT2D eigenvalue weighted by Crippen LogP contribution is -2.31. The monoisotopic (exact) mass is 307 g/mol. The largest absolute Gasteiger partial charge is 0.267 e. The van der Waals surface area contributed by atoms with Crippen LogP contribution in [0.25, 0.3) is 0 Å². The standard InChI is InChI=1S/C10H14INO2/c1-10(11,12(13)14)6-9-5-7-2-3-8(9)4-7/h2-3,7-9H,4-6H2,1H3/t7-,8+,9+,10?/m1/s1. The van der Waals surface area contributed by atoms with Gasteiger partial charge >= 0.3 is 0 Å². The van der Waals surface area contributed by atoms with Crippen molar-refractivity contribution in [2.45, 2.75) is 29.7 Å². The first-order valence-corrected chi connectivity index (χ1v) is 6.08. The van der Waals surface area contributed by atoms with Crippen LogP contribution in [0, 0.1) is 27.9 Å². The summed E-state index contributed by atoms with van der Waals surface area (Å²) in [6, 6.07) is 0. The summed E-state index contributed by atoms with van der Waals surface area (Å²) in [4.78, 5) is 10.6. The van der Waals surface area contributed by atoms with Gasteiger partial charge in [0, 0.05) is 40.9 Å². The highest BCUT2D eigenvalue weighted by Gasteiger charge is 2.43. The van der Waals surface area contributed by atoms with Crippen LogP contribution in [0.15, 0.2) is 12.2 Å². The van der Waals surface area contributed by atoms with Gasteiger partial charge in [0.1, 0.15) is 0 Å². The van der Waals surface area contributed by atoms with Crippen molar-refractivity contribution in [2.75, 3.05) is 0 Å². The Morgan fingerprint density at radius 1 is 1.57 bits per heavy atom. The summed E-state index contributed by atoms with van der Waals surface area (Å²) < 4.78 is -0.777. The number of alkyl halides is 1. The van der Waals surface area contributed by atoms with Gasteiger partial charge in [-0.2, -0.15) is 0 Å². The van der Waals surface area contributed by atoms with Crippen molar-refractivity contribution in [2.24, 2.45) is 17.8 Å². The van der Waals surface area contributed by atoms with Gasteiger partial charge in [0.05, 0.1) is 0 Å². The number of rotatable bonds is 3. The normalized spacial score (nSPS) is 38.6. The van der Waals surface area contributed by atoms with Gasteiger partial charge in [-0.15, -0.1) is 0 Å². The zero-order valence-corrected chi connectivity index (χ0v) is 10.3. The molecule has 78 valence electrons. The Kier molecular flexibility index (Phi) is 2.57.